The smallest absolute Gasteiger partial charge is 0.256 e. The summed E-state index contributed by atoms with van der Waals surface area (Å²) in [6.45, 7) is 5.26. The van der Waals surface area contributed by atoms with Gasteiger partial charge in [0, 0.05) is 11.8 Å². The summed E-state index contributed by atoms with van der Waals surface area (Å²) in [6, 6.07) is 25.4. The van der Waals surface area contributed by atoms with Gasteiger partial charge in [-0.3, -0.25) is 9.48 Å². The number of hydrogen-bond donors (Lipinski definition) is 1. The predicted molar refractivity (Wildman–Crippen MR) is 132 cm³/mol. The van der Waals surface area contributed by atoms with E-state index in [4.69, 9.17) is 16.3 Å². The van der Waals surface area contributed by atoms with Crippen LogP contribution in [0.2, 0.25) is 5.02 Å². The monoisotopic (exact) mass is 459 g/mol. The Morgan fingerprint density at radius 2 is 1.73 bits per heavy atom. The standard InChI is InChI=1S/C27H26ClN3O2/c1-19(2)22-11-13-24(14-12-22)33-18-21-9-6-10-23(15-21)27(32)29-26-25(28)17-31(30-26)16-20-7-4-3-5-8-20/h3-15,17,19H,16,18H2,1-2H3,(H,29,30,32). The first-order valence-electron chi connectivity index (χ1n) is 10.9. The van der Waals surface area contributed by atoms with Crippen LogP contribution >= 0.6 is 11.6 Å². The van der Waals surface area contributed by atoms with E-state index in [1.165, 1.54) is 5.56 Å². The number of rotatable bonds is 8. The molecule has 0 spiro atoms. The van der Waals surface area contributed by atoms with Gasteiger partial charge in [-0.1, -0.05) is 80.0 Å². The van der Waals surface area contributed by atoms with Gasteiger partial charge in [-0.05, 0) is 46.9 Å². The van der Waals surface area contributed by atoms with Crippen molar-refractivity contribution in [2.24, 2.45) is 0 Å². The highest BCUT2D eigenvalue weighted by Crippen LogP contribution is 2.22. The van der Waals surface area contributed by atoms with Crippen molar-refractivity contribution in [1.29, 1.82) is 0 Å². The Morgan fingerprint density at radius 1 is 1.00 bits per heavy atom. The normalized spacial score (nSPS) is 10.9. The molecule has 4 aromatic rings. The van der Waals surface area contributed by atoms with E-state index in [0.29, 0.717) is 35.5 Å². The molecular weight excluding hydrogens is 434 g/mol. The van der Waals surface area contributed by atoms with Crippen LogP contribution in [-0.4, -0.2) is 15.7 Å². The van der Waals surface area contributed by atoms with Crippen LogP contribution < -0.4 is 10.1 Å². The van der Waals surface area contributed by atoms with E-state index >= 15 is 0 Å². The molecule has 1 N–H and O–H groups in total. The van der Waals surface area contributed by atoms with Crippen LogP contribution in [0.15, 0.2) is 85.1 Å². The average Bonchev–Trinajstić information content (AvgIpc) is 3.17. The number of halogens is 1. The van der Waals surface area contributed by atoms with Gasteiger partial charge in [-0.2, -0.15) is 5.10 Å². The maximum Gasteiger partial charge on any atom is 0.256 e. The number of benzene rings is 3. The number of aromatic nitrogens is 2. The van der Waals surface area contributed by atoms with Crippen LogP contribution in [-0.2, 0) is 13.2 Å². The highest BCUT2D eigenvalue weighted by Gasteiger charge is 2.13. The number of nitrogens with zero attached hydrogens (tertiary/aromatic N) is 2. The van der Waals surface area contributed by atoms with Crippen molar-refractivity contribution in [2.45, 2.75) is 32.9 Å². The number of nitrogens with one attached hydrogen (secondary N) is 1. The van der Waals surface area contributed by atoms with Gasteiger partial charge >= 0.3 is 0 Å². The van der Waals surface area contributed by atoms with Gasteiger partial charge in [-0.15, -0.1) is 0 Å². The molecule has 6 heteroatoms. The van der Waals surface area contributed by atoms with Crippen LogP contribution in [0.1, 0.15) is 46.8 Å². The van der Waals surface area contributed by atoms with Crippen molar-refractivity contribution in [3.8, 4) is 5.75 Å². The van der Waals surface area contributed by atoms with E-state index in [1.807, 2.05) is 60.7 Å². The molecule has 0 radical (unpaired) electrons. The van der Waals surface area contributed by atoms with Crippen LogP contribution in [0.5, 0.6) is 5.75 Å². The van der Waals surface area contributed by atoms with E-state index < -0.39 is 0 Å². The fraction of sp³-hybridized carbons (Fsp3) is 0.185. The highest BCUT2D eigenvalue weighted by atomic mass is 35.5. The second kappa shape index (κ2) is 10.4. The Hall–Kier alpha value is -3.57. The number of hydrogen-bond acceptors (Lipinski definition) is 3. The zero-order chi connectivity index (χ0) is 23.2. The van der Waals surface area contributed by atoms with E-state index in [0.717, 1.165) is 16.9 Å². The number of amides is 1. The number of anilines is 1. The summed E-state index contributed by atoms with van der Waals surface area (Å²) in [5.41, 5.74) is 3.78. The third-order valence-corrected chi connectivity index (χ3v) is 5.55. The molecule has 1 aromatic heterocycles. The molecule has 1 amide bonds. The molecule has 0 aliphatic carbocycles. The zero-order valence-corrected chi connectivity index (χ0v) is 19.4. The summed E-state index contributed by atoms with van der Waals surface area (Å²) in [7, 11) is 0. The van der Waals surface area contributed by atoms with Gasteiger partial charge < -0.3 is 10.1 Å². The molecule has 33 heavy (non-hydrogen) atoms. The molecule has 0 aliphatic heterocycles. The van der Waals surface area contributed by atoms with Crippen LogP contribution in [0.3, 0.4) is 0 Å². The van der Waals surface area contributed by atoms with Gasteiger partial charge in [-0.25, -0.2) is 0 Å². The third kappa shape index (κ3) is 6.02. The van der Waals surface area contributed by atoms with E-state index in [1.54, 1.807) is 16.9 Å². The maximum atomic E-state index is 12.8. The first kappa shape index (κ1) is 22.6. The fourth-order valence-corrected chi connectivity index (χ4v) is 3.63. The summed E-state index contributed by atoms with van der Waals surface area (Å²) in [5.74, 6) is 1.34. The Balaban J connectivity index is 1.38. The maximum absolute atomic E-state index is 12.8. The van der Waals surface area contributed by atoms with Gasteiger partial charge in [0.15, 0.2) is 5.82 Å². The first-order chi connectivity index (χ1) is 16.0. The quantitative estimate of drug-likeness (QED) is 0.325. The molecule has 3 aromatic carbocycles. The molecule has 0 saturated heterocycles. The molecular formula is C27H26ClN3O2. The van der Waals surface area contributed by atoms with Crippen molar-refractivity contribution in [3.63, 3.8) is 0 Å². The van der Waals surface area contributed by atoms with E-state index in [9.17, 15) is 4.79 Å². The summed E-state index contributed by atoms with van der Waals surface area (Å²) in [5, 5.41) is 7.62. The molecule has 0 bridgehead atoms. The Bertz CT molecular complexity index is 1220. The predicted octanol–water partition coefficient (Wildman–Crippen LogP) is 6.54. The largest absolute Gasteiger partial charge is 0.489 e. The number of carbonyl (C=O) groups excluding carboxylic acids is 1. The molecule has 1 heterocycles. The molecule has 168 valence electrons. The molecule has 0 atom stereocenters. The average molecular weight is 460 g/mol. The van der Waals surface area contributed by atoms with Crippen molar-refractivity contribution in [2.75, 3.05) is 5.32 Å². The minimum absolute atomic E-state index is 0.273. The van der Waals surface area contributed by atoms with Crippen LogP contribution in [0.4, 0.5) is 5.82 Å². The molecule has 5 nitrogen and oxygen atoms in total. The van der Waals surface area contributed by atoms with E-state index in [2.05, 4.69) is 36.4 Å². The van der Waals surface area contributed by atoms with Crippen molar-refractivity contribution >= 4 is 23.3 Å². The SMILES string of the molecule is CC(C)c1ccc(OCc2cccc(C(=O)Nc3nn(Cc4ccccc4)cc3Cl)c2)cc1. The zero-order valence-electron chi connectivity index (χ0n) is 18.7. The Kier molecular flexibility index (Phi) is 7.10. The minimum Gasteiger partial charge on any atom is -0.489 e. The topological polar surface area (TPSA) is 56.1 Å². The first-order valence-corrected chi connectivity index (χ1v) is 11.3. The highest BCUT2D eigenvalue weighted by molar-refractivity contribution is 6.33. The van der Waals surface area contributed by atoms with Gasteiger partial charge in [0.05, 0.1) is 6.54 Å². The molecule has 0 unspecified atom stereocenters. The Morgan fingerprint density at radius 3 is 2.45 bits per heavy atom. The third-order valence-electron chi connectivity index (χ3n) is 5.28. The molecule has 0 saturated carbocycles. The van der Waals surface area contributed by atoms with Crippen LogP contribution in [0.25, 0.3) is 0 Å². The summed E-state index contributed by atoms with van der Waals surface area (Å²) < 4.78 is 7.60. The lowest BCUT2D eigenvalue weighted by molar-refractivity contribution is 0.102. The molecule has 0 aliphatic rings. The number of carbonyl (C=O) groups is 1. The number of ether oxygens (including phenoxy) is 1. The fourth-order valence-electron chi connectivity index (χ4n) is 3.43. The van der Waals surface area contributed by atoms with Gasteiger partial charge in [0.25, 0.3) is 5.91 Å². The van der Waals surface area contributed by atoms with E-state index in [-0.39, 0.29) is 5.91 Å². The van der Waals surface area contributed by atoms with Crippen molar-refractivity contribution in [1.82, 2.24) is 9.78 Å². The second-order valence-electron chi connectivity index (χ2n) is 8.18. The lowest BCUT2D eigenvalue weighted by Gasteiger charge is -2.10. The summed E-state index contributed by atoms with van der Waals surface area (Å²) >= 11 is 6.30. The lowest BCUT2D eigenvalue weighted by Crippen LogP contribution is -2.13. The van der Waals surface area contributed by atoms with Gasteiger partial charge in [0.1, 0.15) is 17.4 Å². The molecule has 0 fully saturated rings. The second-order valence-corrected chi connectivity index (χ2v) is 8.58. The summed E-state index contributed by atoms with van der Waals surface area (Å²) in [4.78, 5) is 12.8. The van der Waals surface area contributed by atoms with Crippen molar-refractivity contribution in [3.05, 3.63) is 112 Å². The van der Waals surface area contributed by atoms with Gasteiger partial charge in [0.2, 0.25) is 0 Å². The van der Waals surface area contributed by atoms with Crippen LogP contribution in [0, 0.1) is 0 Å². The van der Waals surface area contributed by atoms with Crippen molar-refractivity contribution < 1.29 is 9.53 Å². The summed E-state index contributed by atoms with van der Waals surface area (Å²) in [6.07, 6.45) is 1.71. The lowest BCUT2D eigenvalue weighted by atomic mass is 10.0. The minimum atomic E-state index is -0.273. The Labute approximate surface area is 199 Å². The molecule has 4 rings (SSSR count).